The normalized spacial score (nSPS) is 13.0. The molecule has 0 spiro atoms. The molecule has 4 rings (SSSR count). The molecule has 0 saturated carbocycles. The van der Waals surface area contributed by atoms with E-state index in [0.29, 0.717) is 0 Å². The summed E-state index contributed by atoms with van der Waals surface area (Å²) in [5.74, 6) is 0. The van der Waals surface area contributed by atoms with Crippen LogP contribution in [-0.4, -0.2) is 15.8 Å². The van der Waals surface area contributed by atoms with E-state index in [1.807, 2.05) is 6.92 Å². The molecule has 0 fully saturated rings. The molecule has 0 saturated heterocycles. The third-order valence-corrected chi connectivity index (χ3v) is 5.51. The number of benzene rings is 2. The van der Waals surface area contributed by atoms with E-state index in [4.69, 9.17) is 0 Å². The molecule has 0 aliphatic carbocycles. The molecule has 1 N–H and O–H groups in total. The molecule has 1 unspecified atom stereocenters. The first-order valence-electron chi connectivity index (χ1n) is 9.98. The fourth-order valence-electron chi connectivity index (χ4n) is 3.80. The number of aliphatic hydroxyl groups is 1. The highest BCUT2D eigenvalue weighted by atomic mass is 16.3. The van der Waals surface area contributed by atoms with Crippen LogP contribution in [-0.2, 0) is 13.6 Å². The topological polar surface area (TPSA) is 29.0 Å². The molecule has 0 radical (unpaired) electrons. The van der Waals surface area contributed by atoms with Gasteiger partial charge in [0.15, 0.2) is 6.20 Å². The summed E-state index contributed by atoms with van der Waals surface area (Å²) >= 11 is 0. The Bertz CT molecular complexity index is 1140. The fourth-order valence-corrected chi connectivity index (χ4v) is 3.80. The predicted octanol–water partition coefficient (Wildman–Crippen LogP) is 4.95. The highest BCUT2D eigenvalue weighted by Crippen LogP contribution is 2.25. The first-order chi connectivity index (χ1) is 13.7. The van der Waals surface area contributed by atoms with Crippen molar-refractivity contribution in [3.63, 3.8) is 0 Å². The highest BCUT2D eigenvalue weighted by Gasteiger charge is 2.09. The Morgan fingerprint density at radius 3 is 2.50 bits per heavy atom. The summed E-state index contributed by atoms with van der Waals surface area (Å²) in [6, 6.07) is 19.1. The zero-order chi connectivity index (χ0) is 19.5. The van der Waals surface area contributed by atoms with Gasteiger partial charge in [0.2, 0.25) is 5.52 Å². The van der Waals surface area contributed by atoms with Crippen LogP contribution in [0.3, 0.4) is 0 Å². The summed E-state index contributed by atoms with van der Waals surface area (Å²) in [4.78, 5) is 0. The van der Waals surface area contributed by atoms with Crippen molar-refractivity contribution in [2.24, 2.45) is 7.05 Å². The third kappa shape index (κ3) is 3.58. The number of hydrogen-bond donors (Lipinski definition) is 1. The van der Waals surface area contributed by atoms with E-state index in [2.05, 4.69) is 95.3 Å². The highest BCUT2D eigenvalue weighted by molar-refractivity contribution is 5.95. The van der Waals surface area contributed by atoms with Crippen LogP contribution in [0.1, 0.15) is 30.9 Å². The minimum Gasteiger partial charge on any atom is -0.393 e. The molecule has 0 aliphatic heterocycles. The first kappa shape index (κ1) is 18.5. The van der Waals surface area contributed by atoms with Crippen molar-refractivity contribution in [2.75, 3.05) is 0 Å². The molecule has 0 amide bonds. The van der Waals surface area contributed by atoms with Crippen LogP contribution >= 0.6 is 0 Å². The summed E-state index contributed by atoms with van der Waals surface area (Å²) < 4.78 is 4.41. The van der Waals surface area contributed by atoms with E-state index < -0.39 is 0 Å². The average molecular weight is 372 g/mol. The second-order valence-electron chi connectivity index (χ2n) is 7.38. The molecule has 0 bridgehead atoms. The lowest BCUT2D eigenvalue weighted by molar-refractivity contribution is -0.644. The van der Waals surface area contributed by atoms with Crippen molar-refractivity contribution < 1.29 is 9.67 Å². The Hall–Kier alpha value is -2.91. The van der Waals surface area contributed by atoms with Crippen LogP contribution in [0.4, 0.5) is 0 Å². The summed E-state index contributed by atoms with van der Waals surface area (Å²) in [6.45, 7) is 2.85. The molecule has 0 aliphatic rings. The molecule has 2 aromatic carbocycles. The molecule has 28 heavy (non-hydrogen) atoms. The van der Waals surface area contributed by atoms with E-state index in [-0.39, 0.29) is 6.10 Å². The molecule has 4 aromatic rings. The van der Waals surface area contributed by atoms with E-state index in [0.717, 1.165) is 19.4 Å². The minimum absolute atomic E-state index is 0.239. The molecule has 2 heterocycles. The monoisotopic (exact) mass is 371 g/mol. The number of pyridine rings is 1. The molecule has 1 atom stereocenters. The van der Waals surface area contributed by atoms with Crippen molar-refractivity contribution in [1.29, 1.82) is 0 Å². The van der Waals surface area contributed by atoms with Gasteiger partial charge in [-0.2, -0.15) is 0 Å². The van der Waals surface area contributed by atoms with Crippen LogP contribution in [0.2, 0.25) is 0 Å². The predicted molar refractivity (Wildman–Crippen MR) is 117 cm³/mol. The summed E-state index contributed by atoms with van der Waals surface area (Å²) in [6.07, 6.45) is 10.1. The molecular formula is C25H27N2O+. The van der Waals surface area contributed by atoms with Crippen molar-refractivity contribution >= 4 is 34.0 Å². The smallest absolute Gasteiger partial charge is 0.212 e. The van der Waals surface area contributed by atoms with Gasteiger partial charge >= 0.3 is 0 Å². The van der Waals surface area contributed by atoms with E-state index in [9.17, 15) is 5.11 Å². The Morgan fingerprint density at radius 2 is 1.68 bits per heavy atom. The second kappa shape index (κ2) is 7.99. The zero-order valence-corrected chi connectivity index (χ0v) is 16.5. The lowest BCUT2D eigenvalue weighted by Gasteiger charge is -2.09. The lowest BCUT2D eigenvalue weighted by Crippen LogP contribution is -2.28. The van der Waals surface area contributed by atoms with Gasteiger partial charge < -0.3 is 9.67 Å². The van der Waals surface area contributed by atoms with Crippen molar-refractivity contribution in [3.8, 4) is 0 Å². The van der Waals surface area contributed by atoms with Crippen molar-refractivity contribution in [3.05, 3.63) is 78.1 Å². The average Bonchev–Trinajstić information content (AvgIpc) is 3.09. The maximum Gasteiger partial charge on any atom is 0.212 e. The van der Waals surface area contributed by atoms with Gasteiger partial charge in [-0.3, -0.25) is 0 Å². The van der Waals surface area contributed by atoms with Gasteiger partial charge in [0.1, 0.15) is 7.05 Å². The van der Waals surface area contributed by atoms with Crippen LogP contribution in [0.5, 0.6) is 0 Å². The summed E-state index contributed by atoms with van der Waals surface area (Å²) in [7, 11) is 2.08. The first-order valence-corrected chi connectivity index (χ1v) is 9.98. The summed E-state index contributed by atoms with van der Waals surface area (Å²) in [5.41, 5.74) is 4.86. The molecular weight excluding hydrogens is 344 g/mol. The molecule has 3 nitrogen and oxygen atoms in total. The van der Waals surface area contributed by atoms with Crippen LogP contribution < -0.4 is 4.57 Å². The van der Waals surface area contributed by atoms with Crippen molar-refractivity contribution in [2.45, 2.75) is 32.4 Å². The van der Waals surface area contributed by atoms with Gasteiger partial charge in [0.05, 0.1) is 11.5 Å². The van der Waals surface area contributed by atoms with Crippen LogP contribution in [0.15, 0.2) is 67.0 Å². The Morgan fingerprint density at radius 1 is 0.964 bits per heavy atom. The Labute approximate surface area is 166 Å². The lowest BCUT2D eigenvalue weighted by atomic mass is 10.1. The Kier molecular flexibility index (Phi) is 5.27. The molecule has 3 heteroatoms. The number of nitrogens with zero attached hydrogens (tertiary/aromatic N) is 2. The number of aryl methyl sites for hydroxylation is 2. The quantitative estimate of drug-likeness (QED) is 0.477. The molecule has 142 valence electrons. The zero-order valence-electron chi connectivity index (χ0n) is 16.5. The van der Waals surface area contributed by atoms with Crippen molar-refractivity contribution in [1.82, 2.24) is 4.57 Å². The second-order valence-corrected chi connectivity index (χ2v) is 7.38. The Balaban J connectivity index is 1.71. The standard InChI is InChI=1S/C25H27N2O/c1-3-21(28)15-17-27-18-20(23-9-5-7-11-25(23)27)13-12-19-14-16-26(2)24-10-6-4-8-22(19)24/h4-14,16,18,21,28H,3,15,17H2,1-2H3/q+1. The maximum absolute atomic E-state index is 9.94. The van der Waals surface area contributed by atoms with Gasteiger partial charge in [0, 0.05) is 35.8 Å². The number of para-hydroxylation sites is 2. The molecule has 2 aromatic heterocycles. The van der Waals surface area contributed by atoms with Gasteiger partial charge in [-0.05, 0) is 36.1 Å². The largest absolute Gasteiger partial charge is 0.393 e. The van der Waals surface area contributed by atoms with E-state index in [1.165, 1.54) is 32.9 Å². The van der Waals surface area contributed by atoms with E-state index >= 15 is 0 Å². The van der Waals surface area contributed by atoms with Gasteiger partial charge in [-0.1, -0.05) is 49.4 Å². The number of aromatic nitrogens is 2. The van der Waals surface area contributed by atoms with Gasteiger partial charge in [-0.25, -0.2) is 4.57 Å². The third-order valence-electron chi connectivity index (χ3n) is 5.51. The SMILES string of the molecule is CCC(O)CCn1cc(/C=C/c2cc[n+](C)c3ccccc23)c2ccccc21. The van der Waals surface area contributed by atoms with Crippen LogP contribution in [0, 0.1) is 0 Å². The van der Waals surface area contributed by atoms with Crippen LogP contribution in [0.25, 0.3) is 34.0 Å². The number of fused-ring (bicyclic) bond motifs is 2. The summed E-state index contributed by atoms with van der Waals surface area (Å²) in [5, 5.41) is 12.4. The minimum atomic E-state index is -0.239. The number of hydrogen-bond acceptors (Lipinski definition) is 1. The van der Waals surface area contributed by atoms with E-state index in [1.54, 1.807) is 0 Å². The van der Waals surface area contributed by atoms with Gasteiger partial charge in [0.25, 0.3) is 0 Å². The fraction of sp³-hybridized carbons (Fsp3) is 0.240. The number of rotatable bonds is 6. The van der Waals surface area contributed by atoms with Gasteiger partial charge in [-0.15, -0.1) is 0 Å². The number of aliphatic hydroxyl groups excluding tert-OH is 1. The maximum atomic E-state index is 9.94.